The van der Waals surface area contributed by atoms with E-state index < -0.39 is 10.0 Å². The maximum atomic E-state index is 13.1. The Morgan fingerprint density at radius 3 is 2.25 bits per heavy atom. The van der Waals surface area contributed by atoms with Crippen molar-refractivity contribution in [1.29, 1.82) is 0 Å². The van der Waals surface area contributed by atoms with Crippen LogP contribution >= 0.6 is 0 Å². The quantitative estimate of drug-likeness (QED) is 0.597. The lowest BCUT2D eigenvalue weighted by atomic mass is 10.0. The van der Waals surface area contributed by atoms with Crippen LogP contribution in [0, 0.1) is 0 Å². The Labute approximate surface area is 192 Å². The number of anilines is 1. The summed E-state index contributed by atoms with van der Waals surface area (Å²) in [4.78, 5) is 13.0. The number of carbonyl (C=O) groups is 1. The number of benzene rings is 2. The Hall–Kier alpha value is -2.38. The number of methoxy groups -OCH3 is 1. The molecule has 0 bridgehead atoms. The van der Waals surface area contributed by atoms with Crippen LogP contribution in [-0.2, 0) is 34.1 Å². The van der Waals surface area contributed by atoms with Gasteiger partial charge in [0.15, 0.2) is 0 Å². The van der Waals surface area contributed by atoms with E-state index in [0.717, 1.165) is 54.5 Å². The standard InChI is InChI=1S/C25H34N2O4S/c1-4-19-10-9-11-20(5-2)25(19)26-24(28)15-12-21-18-22(13-14-23(21)31-3)32(29,30)27-16-7-6-8-17-27/h9-11,13-14,18H,4-8,12,15-17H2,1-3H3,(H,26,28). The molecule has 7 heteroatoms. The molecule has 1 fully saturated rings. The molecule has 1 heterocycles. The first kappa shape index (κ1) is 24.3. The van der Waals surface area contributed by atoms with Crippen LogP contribution in [0.5, 0.6) is 5.75 Å². The van der Waals surface area contributed by atoms with Gasteiger partial charge in [-0.1, -0.05) is 38.5 Å². The van der Waals surface area contributed by atoms with Gasteiger partial charge in [-0.25, -0.2) is 8.42 Å². The highest BCUT2D eigenvalue weighted by Gasteiger charge is 2.26. The first-order valence-corrected chi connectivity index (χ1v) is 12.9. The van der Waals surface area contributed by atoms with Crippen molar-refractivity contribution in [3.63, 3.8) is 0 Å². The fourth-order valence-corrected chi connectivity index (χ4v) is 5.79. The second-order valence-corrected chi connectivity index (χ2v) is 10.1. The average molecular weight is 459 g/mol. The molecular formula is C25H34N2O4S. The van der Waals surface area contributed by atoms with Gasteiger partial charge < -0.3 is 10.1 Å². The number of nitrogens with zero attached hydrogens (tertiary/aromatic N) is 1. The molecule has 1 aliphatic rings. The van der Waals surface area contributed by atoms with Crippen molar-refractivity contribution in [3.8, 4) is 5.75 Å². The minimum atomic E-state index is -3.54. The van der Waals surface area contributed by atoms with Crippen molar-refractivity contribution in [2.45, 2.75) is 63.7 Å². The Kier molecular flexibility index (Phi) is 8.32. The molecule has 0 unspecified atom stereocenters. The molecule has 6 nitrogen and oxygen atoms in total. The molecule has 1 saturated heterocycles. The molecule has 174 valence electrons. The first-order chi connectivity index (χ1) is 15.4. The van der Waals surface area contributed by atoms with Gasteiger partial charge in [-0.2, -0.15) is 4.31 Å². The van der Waals surface area contributed by atoms with E-state index in [-0.39, 0.29) is 17.2 Å². The Morgan fingerprint density at radius 2 is 1.66 bits per heavy atom. The van der Waals surface area contributed by atoms with Crippen molar-refractivity contribution < 1.29 is 17.9 Å². The minimum absolute atomic E-state index is 0.0908. The highest BCUT2D eigenvalue weighted by atomic mass is 32.2. The SMILES string of the molecule is CCc1cccc(CC)c1NC(=O)CCc1cc(S(=O)(=O)N2CCCCC2)ccc1OC. The van der Waals surface area contributed by atoms with Gasteiger partial charge in [0.1, 0.15) is 5.75 Å². The van der Waals surface area contributed by atoms with Gasteiger partial charge in [0.05, 0.1) is 12.0 Å². The van der Waals surface area contributed by atoms with E-state index in [1.54, 1.807) is 29.6 Å². The van der Waals surface area contributed by atoms with Gasteiger partial charge >= 0.3 is 0 Å². The van der Waals surface area contributed by atoms with Crippen LogP contribution in [-0.4, -0.2) is 38.8 Å². The molecule has 0 saturated carbocycles. The van der Waals surface area contributed by atoms with Crippen molar-refractivity contribution in [1.82, 2.24) is 4.31 Å². The zero-order chi connectivity index (χ0) is 23.1. The predicted octanol–water partition coefficient (Wildman–Crippen LogP) is 4.57. The lowest BCUT2D eigenvalue weighted by Crippen LogP contribution is -2.35. The summed E-state index contributed by atoms with van der Waals surface area (Å²) in [5.74, 6) is 0.505. The number of hydrogen-bond donors (Lipinski definition) is 1. The molecule has 0 radical (unpaired) electrons. The van der Waals surface area contributed by atoms with Crippen molar-refractivity contribution in [2.75, 3.05) is 25.5 Å². The monoisotopic (exact) mass is 458 g/mol. The van der Waals surface area contributed by atoms with Gasteiger partial charge in [0.2, 0.25) is 15.9 Å². The van der Waals surface area contributed by atoms with E-state index in [1.165, 1.54) is 0 Å². The van der Waals surface area contributed by atoms with Crippen LogP contribution < -0.4 is 10.1 Å². The van der Waals surface area contributed by atoms with E-state index in [1.807, 2.05) is 18.2 Å². The van der Waals surface area contributed by atoms with Crippen LogP contribution in [0.2, 0.25) is 0 Å². The Morgan fingerprint density at radius 1 is 1.00 bits per heavy atom. The number of hydrogen-bond acceptors (Lipinski definition) is 4. The molecule has 0 spiro atoms. The largest absolute Gasteiger partial charge is 0.496 e. The van der Waals surface area contributed by atoms with E-state index >= 15 is 0 Å². The Balaban J connectivity index is 1.76. The number of aryl methyl sites for hydroxylation is 3. The predicted molar refractivity (Wildman–Crippen MR) is 128 cm³/mol. The summed E-state index contributed by atoms with van der Waals surface area (Å²) < 4.78 is 33.1. The van der Waals surface area contributed by atoms with Crippen LogP contribution in [0.3, 0.4) is 0 Å². The molecule has 32 heavy (non-hydrogen) atoms. The van der Waals surface area contributed by atoms with E-state index in [4.69, 9.17) is 4.74 Å². The number of amides is 1. The number of rotatable bonds is 9. The van der Waals surface area contributed by atoms with Gasteiger partial charge in [-0.05, 0) is 67.0 Å². The number of piperidine rings is 1. The van der Waals surface area contributed by atoms with Crippen LogP contribution in [0.15, 0.2) is 41.3 Å². The van der Waals surface area contributed by atoms with E-state index in [2.05, 4.69) is 19.2 Å². The summed E-state index contributed by atoms with van der Waals surface area (Å²) >= 11 is 0. The molecule has 3 rings (SSSR count). The maximum Gasteiger partial charge on any atom is 0.243 e. The Bertz CT molecular complexity index is 1020. The molecule has 2 aromatic carbocycles. The topological polar surface area (TPSA) is 75.7 Å². The molecule has 2 aromatic rings. The fraction of sp³-hybridized carbons (Fsp3) is 0.480. The summed E-state index contributed by atoms with van der Waals surface area (Å²) in [5, 5.41) is 3.08. The zero-order valence-corrected chi connectivity index (χ0v) is 20.1. The molecule has 0 aromatic heterocycles. The summed E-state index contributed by atoms with van der Waals surface area (Å²) in [6.07, 6.45) is 5.17. The first-order valence-electron chi connectivity index (χ1n) is 11.5. The number of nitrogens with one attached hydrogen (secondary N) is 1. The number of para-hydroxylation sites is 1. The smallest absolute Gasteiger partial charge is 0.243 e. The van der Waals surface area contributed by atoms with Crippen LogP contribution in [0.25, 0.3) is 0 Å². The average Bonchev–Trinajstić information content (AvgIpc) is 2.83. The highest BCUT2D eigenvalue weighted by Crippen LogP contribution is 2.28. The summed E-state index contributed by atoms with van der Waals surface area (Å²) in [6.45, 7) is 5.26. The molecule has 0 atom stereocenters. The zero-order valence-electron chi connectivity index (χ0n) is 19.3. The second-order valence-electron chi connectivity index (χ2n) is 8.14. The molecule has 0 aliphatic carbocycles. The molecule has 1 aliphatic heterocycles. The maximum absolute atomic E-state index is 13.1. The normalized spacial score (nSPS) is 14.8. The summed E-state index contributed by atoms with van der Waals surface area (Å²) in [6, 6.07) is 11.0. The van der Waals surface area contributed by atoms with Crippen molar-refractivity contribution >= 4 is 21.6 Å². The van der Waals surface area contributed by atoms with E-state index in [9.17, 15) is 13.2 Å². The van der Waals surface area contributed by atoms with Gasteiger partial charge in [-0.15, -0.1) is 0 Å². The summed E-state index contributed by atoms with van der Waals surface area (Å²) in [7, 11) is -1.98. The van der Waals surface area contributed by atoms with Gasteiger partial charge in [0.25, 0.3) is 0 Å². The molecular weight excluding hydrogens is 424 g/mol. The van der Waals surface area contributed by atoms with Crippen molar-refractivity contribution in [2.24, 2.45) is 0 Å². The second kappa shape index (κ2) is 11.0. The minimum Gasteiger partial charge on any atom is -0.496 e. The van der Waals surface area contributed by atoms with Crippen LogP contribution in [0.4, 0.5) is 5.69 Å². The molecule has 1 amide bonds. The third kappa shape index (κ3) is 5.51. The number of carbonyl (C=O) groups excluding carboxylic acids is 1. The summed E-state index contributed by atoms with van der Waals surface area (Å²) in [5.41, 5.74) is 3.85. The van der Waals surface area contributed by atoms with Gasteiger partial charge in [-0.3, -0.25) is 4.79 Å². The molecule has 1 N–H and O–H groups in total. The lowest BCUT2D eigenvalue weighted by Gasteiger charge is -2.26. The number of ether oxygens (including phenoxy) is 1. The highest BCUT2D eigenvalue weighted by molar-refractivity contribution is 7.89. The fourth-order valence-electron chi connectivity index (χ4n) is 4.22. The van der Waals surface area contributed by atoms with E-state index in [0.29, 0.717) is 25.3 Å². The van der Waals surface area contributed by atoms with Crippen molar-refractivity contribution in [3.05, 3.63) is 53.1 Å². The lowest BCUT2D eigenvalue weighted by molar-refractivity contribution is -0.116. The van der Waals surface area contributed by atoms with Gasteiger partial charge in [0, 0.05) is 25.2 Å². The number of sulfonamides is 1. The third-order valence-corrected chi connectivity index (χ3v) is 7.98. The van der Waals surface area contributed by atoms with Crippen LogP contribution in [0.1, 0.15) is 56.2 Å². The third-order valence-electron chi connectivity index (χ3n) is 6.09.